The molecule has 1 aromatic rings. The van der Waals surface area contributed by atoms with E-state index in [4.69, 9.17) is 0 Å². The molecular weight excluding hydrogens is 310 g/mol. The molecule has 0 aromatic heterocycles. The molecule has 1 N–H and O–H groups in total. The average Bonchev–Trinajstić information content (AvgIpc) is 2.83. The summed E-state index contributed by atoms with van der Waals surface area (Å²) in [4.78, 5) is 35.9. The second-order valence-corrected chi connectivity index (χ2v) is 4.76. The minimum atomic E-state index is -0.678. The van der Waals surface area contributed by atoms with Crippen molar-refractivity contribution < 1.29 is 14.5 Å². The average molecular weight is 325 g/mol. The SMILES string of the molecule is C=C/C(=C(\C=C/C)[N+](=O)[O-])N1C(=O)C=C(Nc2ccccc2)C1=O. The fourth-order valence-electron chi connectivity index (χ4n) is 2.17. The van der Waals surface area contributed by atoms with Crippen LogP contribution >= 0.6 is 0 Å². The van der Waals surface area contributed by atoms with Crippen molar-refractivity contribution in [2.45, 2.75) is 6.92 Å². The summed E-state index contributed by atoms with van der Waals surface area (Å²) < 4.78 is 0. The van der Waals surface area contributed by atoms with Crippen LogP contribution in [-0.4, -0.2) is 21.6 Å². The van der Waals surface area contributed by atoms with Gasteiger partial charge in [-0.05, 0) is 25.1 Å². The van der Waals surface area contributed by atoms with Crippen molar-refractivity contribution in [3.63, 3.8) is 0 Å². The number of imide groups is 1. The van der Waals surface area contributed by atoms with Crippen molar-refractivity contribution in [3.05, 3.63) is 88.4 Å². The number of hydrogen-bond acceptors (Lipinski definition) is 5. The van der Waals surface area contributed by atoms with Gasteiger partial charge in [0.15, 0.2) is 0 Å². The number of para-hydroxylation sites is 1. The molecule has 1 aliphatic rings. The highest BCUT2D eigenvalue weighted by atomic mass is 16.6. The van der Waals surface area contributed by atoms with E-state index in [1.807, 2.05) is 6.07 Å². The Balaban J connectivity index is 2.38. The van der Waals surface area contributed by atoms with Gasteiger partial charge in [0.25, 0.3) is 17.5 Å². The Morgan fingerprint density at radius 2 is 1.96 bits per heavy atom. The Kier molecular flexibility index (Phi) is 5.06. The maximum absolute atomic E-state index is 12.5. The van der Waals surface area contributed by atoms with Gasteiger partial charge >= 0.3 is 0 Å². The molecule has 7 heteroatoms. The van der Waals surface area contributed by atoms with Crippen molar-refractivity contribution in [1.82, 2.24) is 4.90 Å². The number of carbonyl (C=O) groups excluding carboxylic acids is 2. The van der Waals surface area contributed by atoms with Gasteiger partial charge in [-0.15, -0.1) is 0 Å². The highest BCUT2D eigenvalue weighted by molar-refractivity contribution is 6.19. The number of amides is 2. The molecular formula is C17H15N3O4. The lowest BCUT2D eigenvalue weighted by atomic mass is 10.2. The van der Waals surface area contributed by atoms with E-state index >= 15 is 0 Å². The van der Waals surface area contributed by atoms with Crippen LogP contribution in [0.5, 0.6) is 0 Å². The van der Waals surface area contributed by atoms with Crippen LogP contribution in [0.25, 0.3) is 0 Å². The quantitative estimate of drug-likeness (QED) is 0.375. The van der Waals surface area contributed by atoms with Gasteiger partial charge in [0.2, 0.25) is 0 Å². The van der Waals surface area contributed by atoms with Crippen LogP contribution in [0.1, 0.15) is 6.92 Å². The third-order valence-electron chi connectivity index (χ3n) is 3.19. The van der Waals surface area contributed by atoms with Gasteiger partial charge in [-0.25, -0.2) is 4.90 Å². The van der Waals surface area contributed by atoms with E-state index in [-0.39, 0.29) is 17.1 Å². The number of hydrogen-bond donors (Lipinski definition) is 1. The summed E-state index contributed by atoms with van der Waals surface area (Å²) in [6, 6.07) is 8.82. The molecule has 0 bridgehead atoms. The summed E-state index contributed by atoms with van der Waals surface area (Å²) in [6.45, 7) is 5.08. The number of nitro groups is 1. The van der Waals surface area contributed by atoms with Gasteiger partial charge in [0, 0.05) is 17.8 Å². The number of carbonyl (C=O) groups is 2. The molecule has 2 rings (SSSR count). The van der Waals surface area contributed by atoms with Crippen LogP contribution in [0.15, 0.2) is 78.3 Å². The zero-order valence-electron chi connectivity index (χ0n) is 12.9. The first-order chi connectivity index (χ1) is 11.5. The van der Waals surface area contributed by atoms with Crippen molar-refractivity contribution in [1.29, 1.82) is 0 Å². The van der Waals surface area contributed by atoms with Gasteiger partial charge < -0.3 is 5.32 Å². The third kappa shape index (κ3) is 3.30. The number of nitrogens with one attached hydrogen (secondary N) is 1. The second-order valence-electron chi connectivity index (χ2n) is 4.76. The lowest BCUT2D eigenvalue weighted by Gasteiger charge is -2.15. The first-order valence-electron chi connectivity index (χ1n) is 7.05. The predicted molar refractivity (Wildman–Crippen MR) is 89.0 cm³/mol. The van der Waals surface area contributed by atoms with Crippen molar-refractivity contribution in [2.24, 2.45) is 0 Å². The van der Waals surface area contributed by atoms with Crippen LogP contribution in [0, 0.1) is 10.1 Å². The fourth-order valence-corrected chi connectivity index (χ4v) is 2.17. The van der Waals surface area contributed by atoms with E-state index < -0.39 is 16.7 Å². The topological polar surface area (TPSA) is 92.6 Å². The maximum Gasteiger partial charge on any atom is 0.293 e. The van der Waals surface area contributed by atoms with Gasteiger partial charge in [0.05, 0.1) is 4.92 Å². The zero-order chi connectivity index (χ0) is 17.7. The van der Waals surface area contributed by atoms with Crippen LogP contribution in [0.3, 0.4) is 0 Å². The Bertz CT molecular complexity index is 791. The second kappa shape index (κ2) is 7.19. The molecule has 0 saturated carbocycles. The molecule has 0 atom stereocenters. The van der Waals surface area contributed by atoms with Crippen LogP contribution < -0.4 is 5.32 Å². The first kappa shape index (κ1) is 16.9. The largest absolute Gasteiger partial charge is 0.351 e. The summed E-state index contributed by atoms with van der Waals surface area (Å²) in [5.41, 5.74) is 0.102. The van der Waals surface area contributed by atoms with Gasteiger partial charge in [-0.1, -0.05) is 30.9 Å². The van der Waals surface area contributed by atoms with Gasteiger partial charge in [0.1, 0.15) is 11.4 Å². The molecule has 0 radical (unpaired) electrons. The molecule has 1 aliphatic heterocycles. The lowest BCUT2D eigenvalue weighted by molar-refractivity contribution is -0.420. The van der Waals surface area contributed by atoms with E-state index in [9.17, 15) is 19.7 Å². The fraction of sp³-hybridized carbons (Fsp3) is 0.0588. The van der Waals surface area contributed by atoms with E-state index in [1.165, 1.54) is 12.2 Å². The van der Waals surface area contributed by atoms with E-state index in [0.29, 0.717) is 5.69 Å². The minimum Gasteiger partial charge on any atom is -0.351 e. The van der Waals surface area contributed by atoms with E-state index in [2.05, 4.69) is 11.9 Å². The minimum absolute atomic E-state index is 0.0359. The number of allylic oxidation sites excluding steroid dienone is 3. The zero-order valence-corrected chi connectivity index (χ0v) is 12.9. The lowest BCUT2D eigenvalue weighted by Crippen LogP contribution is -2.32. The van der Waals surface area contributed by atoms with Gasteiger partial charge in [-0.3, -0.25) is 19.7 Å². The molecule has 122 valence electrons. The highest BCUT2D eigenvalue weighted by Gasteiger charge is 2.36. The third-order valence-corrected chi connectivity index (χ3v) is 3.19. The molecule has 1 heterocycles. The molecule has 0 spiro atoms. The maximum atomic E-state index is 12.5. The molecule has 0 saturated heterocycles. The number of benzene rings is 1. The molecule has 2 amide bonds. The van der Waals surface area contributed by atoms with Gasteiger partial charge in [-0.2, -0.15) is 0 Å². The number of rotatable bonds is 6. The first-order valence-corrected chi connectivity index (χ1v) is 7.05. The Morgan fingerprint density at radius 3 is 2.50 bits per heavy atom. The van der Waals surface area contributed by atoms with Crippen LogP contribution in [0.2, 0.25) is 0 Å². The van der Waals surface area contributed by atoms with Crippen molar-refractivity contribution in [2.75, 3.05) is 5.32 Å². The molecule has 7 nitrogen and oxygen atoms in total. The molecule has 1 aromatic carbocycles. The summed E-state index contributed by atoms with van der Waals surface area (Å²) in [7, 11) is 0. The predicted octanol–water partition coefficient (Wildman–Crippen LogP) is 2.60. The molecule has 0 unspecified atom stereocenters. The van der Waals surface area contributed by atoms with Crippen LogP contribution in [-0.2, 0) is 9.59 Å². The smallest absolute Gasteiger partial charge is 0.293 e. The standard InChI is InChI=1S/C17H15N3O4/c1-3-8-15(20(23)24)14(4-2)19-16(21)11-13(17(19)22)18-12-9-6-5-7-10-12/h3-11,18H,2H2,1H3/b8-3-,15-14-. The van der Waals surface area contributed by atoms with E-state index in [0.717, 1.165) is 17.1 Å². The summed E-state index contributed by atoms with van der Waals surface area (Å²) in [5, 5.41) is 14.0. The Morgan fingerprint density at radius 1 is 1.29 bits per heavy atom. The van der Waals surface area contributed by atoms with Crippen LogP contribution in [0.4, 0.5) is 5.69 Å². The Hall–Kier alpha value is -3.48. The van der Waals surface area contributed by atoms with Crippen molar-refractivity contribution in [3.8, 4) is 0 Å². The van der Waals surface area contributed by atoms with E-state index in [1.54, 1.807) is 31.2 Å². The summed E-state index contributed by atoms with van der Waals surface area (Å²) in [5.74, 6) is -1.35. The summed E-state index contributed by atoms with van der Waals surface area (Å²) in [6.07, 6.45) is 4.88. The molecule has 0 fully saturated rings. The normalized spacial score (nSPS) is 15.4. The molecule has 24 heavy (non-hydrogen) atoms. The number of anilines is 1. The number of nitrogens with zero attached hydrogens (tertiary/aromatic N) is 2. The monoisotopic (exact) mass is 325 g/mol. The molecule has 0 aliphatic carbocycles. The summed E-state index contributed by atoms with van der Waals surface area (Å²) >= 11 is 0. The Labute approximate surface area is 138 Å². The highest BCUT2D eigenvalue weighted by Crippen LogP contribution is 2.23. The van der Waals surface area contributed by atoms with Crippen molar-refractivity contribution >= 4 is 17.5 Å².